The molecule has 0 aliphatic heterocycles. The predicted octanol–water partition coefficient (Wildman–Crippen LogP) is 3.24. The van der Waals surface area contributed by atoms with Crippen molar-refractivity contribution in [3.8, 4) is 5.75 Å². The minimum atomic E-state index is 0.429. The Balaban J connectivity index is 1.63. The van der Waals surface area contributed by atoms with Crippen LogP contribution >= 0.6 is 0 Å². The van der Waals surface area contributed by atoms with Gasteiger partial charge < -0.3 is 15.2 Å². The predicted molar refractivity (Wildman–Crippen MR) is 73.7 cm³/mol. The summed E-state index contributed by atoms with van der Waals surface area (Å²) < 4.78 is 11.4. The van der Waals surface area contributed by atoms with Gasteiger partial charge in [0.1, 0.15) is 12.4 Å². The average Bonchev–Trinajstić information content (AvgIpc) is 2.39. The van der Waals surface area contributed by atoms with Gasteiger partial charge in [0.15, 0.2) is 0 Å². The van der Waals surface area contributed by atoms with Crippen molar-refractivity contribution in [2.75, 3.05) is 18.9 Å². The van der Waals surface area contributed by atoms with E-state index in [1.807, 2.05) is 24.3 Å². The minimum Gasteiger partial charge on any atom is -0.489 e. The summed E-state index contributed by atoms with van der Waals surface area (Å²) in [7, 11) is 0. The standard InChI is InChI=1S/C15H23NO2/c1-12-6-8-13(9-7-12)17-10-11-18-15-5-3-2-4-14(15)16/h2-5,12-13H,6-11,16H2,1H3. The van der Waals surface area contributed by atoms with E-state index >= 15 is 0 Å². The monoisotopic (exact) mass is 249 g/mol. The molecule has 2 N–H and O–H groups in total. The minimum absolute atomic E-state index is 0.429. The van der Waals surface area contributed by atoms with Crippen LogP contribution in [-0.4, -0.2) is 19.3 Å². The second-order valence-corrected chi connectivity index (χ2v) is 5.14. The van der Waals surface area contributed by atoms with Crippen molar-refractivity contribution in [3.63, 3.8) is 0 Å². The molecule has 1 aromatic carbocycles. The molecule has 2 rings (SSSR count). The number of hydrogen-bond donors (Lipinski definition) is 1. The molecular formula is C15H23NO2. The third-order valence-corrected chi connectivity index (χ3v) is 3.58. The first-order valence-electron chi connectivity index (χ1n) is 6.84. The number of rotatable bonds is 5. The Bertz CT molecular complexity index is 359. The highest BCUT2D eigenvalue weighted by Crippen LogP contribution is 2.25. The summed E-state index contributed by atoms with van der Waals surface area (Å²) in [4.78, 5) is 0. The Morgan fingerprint density at radius 1 is 1.11 bits per heavy atom. The van der Waals surface area contributed by atoms with Gasteiger partial charge in [0, 0.05) is 0 Å². The zero-order valence-electron chi connectivity index (χ0n) is 11.1. The van der Waals surface area contributed by atoms with Crippen LogP contribution in [0.3, 0.4) is 0 Å². The Morgan fingerprint density at radius 2 is 1.83 bits per heavy atom. The SMILES string of the molecule is CC1CCC(OCCOc2ccccc2N)CC1. The summed E-state index contributed by atoms with van der Waals surface area (Å²) >= 11 is 0. The molecule has 0 spiro atoms. The Morgan fingerprint density at radius 3 is 2.56 bits per heavy atom. The highest BCUT2D eigenvalue weighted by atomic mass is 16.5. The summed E-state index contributed by atoms with van der Waals surface area (Å²) in [5.74, 6) is 1.61. The molecular weight excluding hydrogens is 226 g/mol. The lowest BCUT2D eigenvalue weighted by Gasteiger charge is -2.26. The second-order valence-electron chi connectivity index (χ2n) is 5.14. The molecule has 1 aliphatic rings. The van der Waals surface area contributed by atoms with Gasteiger partial charge >= 0.3 is 0 Å². The molecule has 0 atom stereocenters. The smallest absolute Gasteiger partial charge is 0.142 e. The van der Waals surface area contributed by atoms with Gasteiger partial charge in [-0.3, -0.25) is 0 Å². The number of benzene rings is 1. The van der Waals surface area contributed by atoms with Crippen molar-refractivity contribution in [2.45, 2.75) is 38.7 Å². The Hall–Kier alpha value is -1.22. The van der Waals surface area contributed by atoms with Crippen molar-refractivity contribution in [3.05, 3.63) is 24.3 Å². The topological polar surface area (TPSA) is 44.5 Å². The largest absolute Gasteiger partial charge is 0.489 e. The molecule has 3 heteroatoms. The average molecular weight is 249 g/mol. The van der Waals surface area contributed by atoms with Gasteiger partial charge in [-0.05, 0) is 43.7 Å². The summed E-state index contributed by atoms with van der Waals surface area (Å²) in [6.07, 6.45) is 5.38. The number of hydrogen-bond acceptors (Lipinski definition) is 3. The van der Waals surface area contributed by atoms with Crippen molar-refractivity contribution in [1.29, 1.82) is 0 Å². The van der Waals surface area contributed by atoms with Crippen LogP contribution in [0.15, 0.2) is 24.3 Å². The molecule has 0 heterocycles. The molecule has 0 amide bonds. The summed E-state index contributed by atoms with van der Waals surface area (Å²) in [5, 5.41) is 0. The molecule has 0 unspecified atom stereocenters. The van der Waals surface area contributed by atoms with Crippen LogP contribution < -0.4 is 10.5 Å². The molecule has 0 radical (unpaired) electrons. The zero-order valence-corrected chi connectivity index (χ0v) is 11.1. The van der Waals surface area contributed by atoms with Gasteiger partial charge in [-0.1, -0.05) is 19.1 Å². The normalized spacial score (nSPS) is 23.8. The van der Waals surface area contributed by atoms with Crippen LogP contribution in [0.2, 0.25) is 0 Å². The van der Waals surface area contributed by atoms with E-state index in [9.17, 15) is 0 Å². The first-order chi connectivity index (χ1) is 8.75. The fourth-order valence-corrected chi connectivity index (χ4v) is 2.37. The summed E-state index contributed by atoms with van der Waals surface area (Å²) in [5.41, 5.74) is 6.48. The second kappa shape index (κ2) is 6.64. The molecule has 0 aromatic heterocycles. The quantitative estimate of drug-likeness (QED) is 0.643. The lowest BCUT2D eigenvalue weighted by molar-refractivity contribution is 0.00580. The molecule has 1 aromatic rings. The van der Waals surface area contributed by atoms with E-state index in [0.29, 0.717) is 25.0 Å². The highest BCUT2D eigenvalue weighted by Gasteiger charge is 2.18. The Kier molecular flexibility index (Phi) is 4.88. The fourth-order valence-electron chi connectivity index (χ4n) is 2.37. The first kappa shape index (κ1) is 13.2. The lowest BCUT2D eigenvalue weighted by atomic mass is 9.89. The highest BCUT2D eigenvalue weighted by molar-refractivity contribution is 5.51. The van der Waals surface area contributed by atoms with Gasteiger partial charge in [0.05, 0.1) is 18.4 Å². The number of ether oxygens (including phenoxy) is 2. The van der Waals surface area contributed by atoms with Gasteiger partial charge in [0.2, 0.25) is 0 Å². The molecule has 100 valence electrons. The Labute approximate surface area is 109 Å². The van der Waals surface area contributed by atoms with Crippen molar-refractivity contribution in [1.82, 2.24) is 0 Å². The summed E-state index contributed by atoms with van der Waals surface area (Å²) in [6, 6.07) is 7.56. The zero-order chi connectivity index (χ0) is 12.8. The van der Waals surface area contributed by atoms with E-state index in [1.54, 1.807) is 0 Å². The maximum absolute atomic E-state index is 5.83. The van der Waals surface area contributed by atoms with Crippen molar-refractivity contribution < 1.29 is 9.47 Å². The number of anilines is 1. The van der Waals surface area contributed by atoms with E-state index in [0.717, 1.165) is 11.7 Å². The number of nitrogens with two attached hydrogens (primary N) is 1. The van der Waals surface area contributed by atoms with Crippen LogP contribution in [-0.2, 0) is 4.74 Å². The number of nitrogen functional groups attached to an aromatic ring is 1. The van der Waals surface area contributed by atoms with Crippen molar-refractivity contribution >= 4 is 5.69 Å². The van der Waals surface area contributed by atoms with Crippen LogP contribution in [0.5, 0.6) is 5.75 Å². The molecule has 0 saturated heterocycles. The summed E-state index contributed by atoms with van der Waals surface area (Å²) in [6.45, 7) is 3.53. The van der Waals surface area contributed by atoms with Gasteiger partial charge in [-0.25, -0.2) is 0 Å². The van der Waals surface area contributed by atoms with Crippen molar-refractivity contribution in [2.24, 2.45) is 5.92 Å². The van der Waals surface area contributed by atoms with E-state index < -0.39 is 0 Å². The van der Waals surface area contributed by atoms with E-state index in [-0.39, 0.29) is 0 Å². The molecule has 1 aliphatic carbocycles. The maximum atomic E-state index is 5.83. The third kappa shape index (κ3) is 3.91. The molecule has 3 nitrogen and oxygen atoms in total. The molecule has 0 bridgehead atoms. The van der Waals surface area contributed by atoms with E-state index in [1.165, 1.54) is 25.7 Å². The lowest BCUT2D eigenvalue weighted by Crippen LogP contribution is -2.22. The van der Waals surface area contributed by atoms with Gasteiger partial charge in [-0.15, -0.1) is 0 Å². The van der Waals surface area contributed by atoms with Crippen LogP contribution in [0.4, 0.5) is 5.69 Å². The molecule has 18 heavy (non-hydrogen) atoms. The molecule has 1 saturated carbocycles. The number of para-hydroxylation sites is 2. The van der Waals surface area contributed by atoms with Crippen LogP contribution in [0.1, 0.15) is 32.6 Å². The first-order valence-corrected chi connectivity index (χ1v) is 6.84. The maximum Gasteiger partial charge on any atom is 0.142 e. The molecule has 1 fully saturated rings. The van der Waals surface area contributed by atoms with E-state index in [4.69, 9.17) is 15.2 Å². The third-order valence-electron chi connectivity index (χ3n) is 3.58. The van der Waals surface area contributed by atoms with Gasteiger partial charge in [-0.2, -0.15) is 0 Å². The van der Waals surface area contributed by atoms with Crippen LogP contribution in [0.25, 0.3) is 0 Å². The van der Waals surface area contributed by atoms with Crippen LogP contribution in [0, 0.1) is 5.92 Å². The fraction of sp³-hybridized carbons (Fsp3) is 0.600. The van der Waals surface area contributed by atoms with E-state index in [2.05, 4.69) is 6.92 Å². The van der Waals surface area contributed by atoms with Gasteiger partial charge in [0.25, 0.3) is 0 Å².